The number of carbonyl (C=O) groups excluding carboxylic acids is 1. The fraction of sp³-hybridized carbons (Fsp3) is 0.448. The van der Waals surface area contributed by atoms with Crippen LogP contribution in [0.3, 0.4) is 0 Å². The first-order valence-electron chi connectivity index (χ1n) is 14.0. The second-order valence-electron chi connectivity index (χ2n) is 12.0. The fourth-order valence-corrected chi connectivity index (χ4v) is 4.96. The average molecular weight is 647 g/mol. The normalized spacial score (nSPS) is 15.1. The zero-order valence-corrected chi connectivity index (χ0v) is 26.8. The first-order chi connectivity index (χ1) is 21.0. The van der Waals surface area contributed by atoms with Crippen LogP contribution in [-0.2, 0) is 10.3 Å². The van der Waals surface area contributed by atoms with Crippen molar-refractivity contribution in [3.05, 3.63) is 57.1 Å². The van der Waals surface area contributed by atoms with E-state index >= 15 is 0 Å². The van der Waals surface area contributed by atoms with Crippen molar-refractivity contribution in [2.45, 2.75) is 58.3 Å². The molecule has 0 bridgehead atoms. The van der Waals surface area contributed by atoms with Crippen LogP contribution in [0.2, 0.25) is 5.02 Å². The Hall–Kier alpha value is -4.50. The molecule has 0 radical (unpaired) electrons. The molecule has 16 heteroatoms. The molecular formula is C29H36ClFN8O6. The lowest BCUT2D eigenvalue weighted by Gasteiger charge is -2.29. The van der Waals surface area contributed by atoms with Gasteiger partial charge in [0.2, 0.25) is 11.9 Å². The number of likely N-dealkylation sites (N-methyl/N-ethyl adjacent to an activating group) is 1. The van der Waals surface area contributed by atoms with Gasteiger partial charge in [0, 0.05) is 43.5 Å². The van der Waals surface area contributed by atoms with Gasteiger partial charge in [-0.25, -0.2) is 19.2 Å². The molecule has 4 rings (SSSR count). The number of hydrogen-bond acceptors (Lipinski definition) is 12. The number of methoxy groups -OCH3 is 1. The molecule has 14 nitrogen and oxygen atoms in total. The molecule has 45 heavy (non-hydrogen) atoms. The summed E-state index contributed by atoms with van der Waals surface area (Å²) in [6, 6.07) is 5.08. The van der Waals surface area contributed by atoms with E-state index in [0.29, 0.717) is 25.2 Å². The molecule has 242 valence electrons. The standard InChI is InChI=1S/C29H36ClFN8O6/c1-28(2,3)45-27(40)37(6)16-8-9-38(14-16)22-13-24(44-7)21(12-23(22)39(42)43)35-26-33-15-32-25(36-26)34-20-11-18(30)19(31)10-17(20)29(4,5)41/h10-13,15-16,41H,8-9,14H2,1-7H3,(H2,32,33,34,35,36)/t16-/m1/s1. The fourth-order valence-electron chi connectivity index (χ4n) is 4.80. The van der Waals surface area contributed by atoms with Crippen LogP contribution in [0.5, 0.6) is 5.75 Å². The molecule has 1 saturated heterocycles. The van der Waals surface area contributed by atoms with Crippen LogP contribution in [-0.4, -0.2) is 74.9 Å². The summed E-state index contributed by atoms with van der Waals surface area (Å²) in [6.07, 6.45) is 1.32. The van der Waals surface area contributed by atoms with E-state index in [0.717, 1.165) is 6.07 Å². The number of carbonyl (C=O) groups is 1. The maximum absolute atomic E-state index is 14.2. The van der Waals surface area contributed by atoms with E-state index in [1.54, 1.807) is 33.9 Å². The highest BCUT2D eigenvalue weighted by atomic mass is 35.5. The summed E-state index contributed by atoms with van der Waals surface area (Å²) in [4.78, 5) is 40.1. The van der Waals surface area contributed by atoms with Crippen LogP contribution < -0.4 is 20.3 Å². The lowest BCUT2D eigenvalue weighted by atomic mass is 9.96. The largest absolute Gasteiger partial charge is 0.494 e. The highest BCUT2D eigenvalue weighted by Crippen LogP contribution is 2.41. The minimum Gasteiger partial charge on any atom is -0.494 e. The number of nitro benzene ring substituents is 1. The number of nitrogens with zero attached hydrogens (tertiary/aromatic N) is 6. The first kappa shape index (κ1) is 33.4. The van der Waals surface area contributed by atoms with Crippen molar-refractivity contribution >= 4 is 52.3 Å². The number of benzene rings is 2. The highest BCUT2D eigenvalue weighted by molar-refractivity contribution is 6.31. The second-order valence-corrected chi connectivity index (χ2v) is 12.4. The Morgan fingerprint density at radius 2 is 1.80 bits per heavy atom. The molecule has 1 amide bonds. The molecule has 2 heterocycles. The zero-order chi connectivity index (χ0) is 33.3. The van der Waals surface area contributed by atoms with Crippen LogP contribution in [0.1, 0.15) is 46.6 Å². The van der Waals surface area contributed by atoms with Gasteiger partial charge in [0.05, 0.1) is 34.4 Å². The van der Waals surface area contributed by atoms with Crippen molar-refractivity contribution in [3.63, 3.8) is 0 Å². The number of ether oxygens (including phenoxy) is 2. The molecule has 3 aromatic rings. The Morgan fingerprint density at radius 3 is 2.38 bits per heavy atom. The van der Waals surface area contributed by atoms with E-state index in [1.807, 2.05) is 4.90 Å². The van der Waals surface area contributed by atoms with Crippen LogP contribution in [0.4, 0.5) is 43.8 Å². The van der Waals surface area contributed by atoms with Gasteiger partial charge in [-0.05, 0) is 53.2 Å². The number of anilines is 5. The number of nitrogens with one attached hydrogen (secondary N) is 2. The molecule has 0 spiro atoms. The summed E-state index contributed by atoms with van der Waals surface area (Å²) < 4.78 is 25.2. The molecule has 1 fully saturated rings. The smallest absolute Gasteiger partial charge is 0.410 e. The summed E-state index contributed by atoms with van der Waals surface area (Å²) in [7, 11) is 3.08. The lowest BCUT2D eigenvalue weighted by Crippen LogP contribution is -2.42. The molecule has 3 N–H and O–H groups in total. The zero-order valence-electron chi connectivity index (χ0n) is 26.0. The third kappa shape index (κ3) is 7.97. The third-order valence-corrected chi connectivity index (χ3v) is 7.30. The number of halogens is 2. The number of rotatable bonds is 9. The lowest BCUT2D eigenvalue weighted by molar-refractivity contribution is -0.384. The van der Waals surface area contributed by atoms with Gasteiger partial charge in [-0.1, -0.05) is 11.6 Å². The Balaban J connectivity index is 1.59. The summed E-state index contributed by atoms with van der Waals surface area (Å²) >= 11 is 5.98. The van der Waals surface area contributed by atoms with Gasteiger partial charge in [0.1, 0.15) is 29.2 Å². The molecule has 2 aromatic carbocycles. The van der Waals surface area contributed by atoms with Crippen molar-refractivity contribution in [2.24, 2.45) is 0 Å². The minimum atomic E-state index is -1.42. The van der Waals surface area contributed by atoms with Gasteiger partial charge < -0.3 is 35.0 Å². The van der Waals surface area contributed by atoms with E-state index in [-0.39, 0.29) is 51.3 Å². The Morgan fingerprint density at radius 1 is 1.16 bits per heavy atom. The van der Waals surface area contributed by atoms with Gasteiger partial charge in [-0.2, -0.15) is 4.98 Å². The number of aliphatic hydroxyl groups is 1. The monoisotopic (exact) mass is 646 g/mol. The molecule has 1 atom stereocenters. The maximum Gasteiger partial charge on any atom is 0.410 e. The van der Waals surface area contributed by atoms with Gasteiger partial charge >= 0.3 is 6.09 Å². The molecule has 0 aliphatic carbocycles. The molecule has 0 unspecified atom stereocenters. The first-order valence-corrected chi connectivity index (χ1v) is 14.4. The maximum atomic E-state index is 14.2. The molecular weight excluding hydrogens is 611 g/mol. The molecule has 1 aliphatic heterocycles. The Bertz CT molecular complexity index is 1600. The van der Waals surface area contributed by atoms with Crippen molar-refractivity contribution in [1.82, 2.24) is 19.9 Å². The second kappa shape index (κ2) is 12.9. The Kier molecular flexibility index (Phi) is 9.54. The van der Waals surface area contributed by atoms with Gasteiger partial charge in [0.15, 0.2) is 0 Å². The topological polar surface area (TPSA) is 168 Å². The number of nitro groups is 1. The summed E-state index contributed by atoms with van der Waals surface area (Å²) in [6.45, 7) is 9.17. The van der Waals surface area contributed by atoms with E-state index in [4.69, 9.17) is 21.1 Å². The number of aromatic nitrogens is 3. The SMILES string of the molecule is COc1cc(N2CC[C@@H](N(C)C(=O)OC(C)(C)C)C2)c([N+](=O)[O-])cc1Nc1ncnc(Nc2cc(Cl)c(F)cc2C(C)(C)O)n1. The summed E-state index contributed by atoms with van der Waals surface area (Å²) in [5, 5.41) is 28.4. The average Bonchev–Trinajstić information content (AvgIpc) is 3.43. The van der Waals surface area contributed by atoms with Crippen LogP contribution in [0, 0.1) is 15.9 Å². The number of hydrogen-bond donors (Lipinski definition) is 3. The van der Waals surface area contributed by atoms with Gasteiger partial charge in [-0.3, -0.25) is 10.1 Å². The number of amides is 1. The summed E-state index contributed by atoms with van der Waals surface area (Å²) in [5.74, 6) is -0.368. The predicted molar refractivity (Wildman–Crippen MR) is 167 cm³/mol. The Labute approximate surface area is 264 Å². The van der Waals surface area contributed by atoms with E-state index in [2.05, 4.69) is 25.6 Å². The van der Waals surface area contributed by atoms with E-state index < -0.39 is 28.0 Å². The highest BCUT2D eigenvalue weighted by Gasteiger charge is 2.34. The van der Waals surface area contributed by atoms with Crippen LogP contribution in [0.25, 0.3) is 0 Å². The van der Waals surface area contributed by atoms with Crippen molar-refractivity contribution in [3.8, 4) is 5.75 Å². The molecule has 1 aromatic heterocycles. The van der Waals surface area contributed by atoms with Gasteiger partial charge in [0.25, 0.3) is 5.69 Å². The third-order valence-electron chi connectivity index (χ3n) is 7.01. The van der Waals surface area contributed by atoms with Crippen LogP contribution in [0.15, 0.2) is 30.6 Å². The van der Waals surface area contributed by atoms with Crippen molar-refractivity contribution in [2.75, 3.05) is 42.8 Å². The minimum absolute atomic E-state index is 0.0195. The predicted octanol–water partition coefficient (Wildman–Crippen LogP) is 5.74. The molecule has 1 aliphatic rings. The van der Waals surface area contributed by atoms with E-state index in [9.17, 15) is 24.4 Å². The van der Waals surface area contributed by atoms with Gasteiger partial charge in [-0.15, -0.1) is 0 Å². The molecule has 0 saturated carbocycles. The van der Waals surface area contributed by atoms with E-state index in [1.165, 1.54) is 44.3 Å². The van der Waals surface area contributed by atoms with Crippen molar-refractivity contribution in [1.29, 1.82) is 0 Å². The van der Waals surface area contributed by atoms with Crippen LogP contribution >= 0.6 is 11.6 Å². The summed E-state index contributed by atoms with van der Waals surface area (Å²) in [5.41, 5.74) is -1.24. The quantitative estimate of drug-likeness (QED) is 0.191. The van der Waals surface area contributed by atoms with Crippen molar-refractivity contribution < 1.29 is 28.7 Å².